The maximum atomic E-state index is 14.1. The molecule has 0 unspecified atom stereocenters. The molecule has 34 heteroatoms. The number of H-pyrrole nitrogens is 2. The number of sulfonamides is 2. The van der Waals surface area contributed by atoms with Gasteiger partial charge in [-0.05, 0) is 164 Å². The number of fused-ring (bicyclic) bond motifs is 4. The number of nitrogens with one attached hydrogen (secondary N) is 6. The molecular weight excluding hydrogens is 1580 g/mol. The van der Waals surface area contributed by atoms with Crippen LogP contribution in [0, 0.1) is 45.2 Å². The van der Waals surface area contributed by atoms with Crippen LogP contribution in [0.4, 0.5) is 20.2 Å². The molecule has 16 rings (SSSR count). The molecular formula is C82H86F2N12O16S4. The van der Waals surface area contributed by atoms with Gasteiger partial charge < -0.3 is 57.5 Å². The van der Waals surface area contributed by atoms with E-state index in [4.69, 9.17) is 18.9 Å². The lowest BCUT2D eigenvalue weighted by Gasteiger charge is -2.25. The Balaban J connectivity index is 0.000000135. The fourth-order valence-electron chi connectivity index (χ4n) is 14.5. The molecule has 4 aromatic carbocycles. The van der Waals surface area contributed by atoms with Gasteiger partial charge in [-0.1, -0.05) is 49.2 Å². The first kappa shape index (κ1) is 82.3. The van der Waals surface area contributed by atoms with Crippen molar-refractivity contribution < 1.29 is 71.0 Å². The smallest absolute Gasteiger partial charge is 0.272 e. The molecule has 608 valence electrons. The third kappa shape index (κ3) is 20.0. The van der Waals surface area contributed by atoms with Crippen molar-refractivity contribution in [3.63, 3.8) is 0 Å². The number of aromatic amines is 2. The minimum Gasteiger partial charge on any atom is -0.490 e. The van der Waals surface area contributed by atoms with Crippen molar-refractivity contribution in [2.45, 2.75) is 96.9 Å². The maximum Gasteiger partial charge on any atom is 0.272 e. The summed E-state index contributed by atoms with van der Waals surface area (Å²) in [6.45, 7) is 11.4. The summed E-state index contributed by atoms with van der Waals surface area (Å²) >= 11 is 0. The van der Waals surface area contributed by atoms with Gasteiger partial charge in [0.2, 0.25) is 31.8 Å². The Morgan fingerprint density at radius 1 is 0.526 bits per heavy atom. The molecule has 2 amide bonds. The predicted molar refractivity (Wildman–Crippen MR) is 438 cm³/mol. The summed E-state index contributed by atoms with van der Waals surface area (Å²) in [7, 11) is -13.3. The van der Waals surface area contributed by atoms with Crippen LogP contribution in [0.25, 0.3) is 56.1 Å². The fourth-order valence-corrected chi connectivity index (χ4v) is 17.1. The standard InChI is InChI=1S/C21H26N2O5S.C21H26N2O3S.C20H16F2N4O4S.C20H18N4O4S/c1-14-11-18(23-8-7-22-21(24)20(14)23)17-12-15(13-29(2,25)26)3-4-19(17)28-16-5-9-27-10-6-16;1-14-11-19(23-10-9-22-21(24)20(14)23)18-12-16(13-27(2,25)26)6-8-17(18)7-5-15-3-4-15;1-11-7-16(26-6-5-23-19(27)18(11)26)14-9-13(25-31(2,28)29)10-24-20(14)30-17-4-3-12(21)8-15(17)22;1-13-10-17(24-9-8-21-19(25)18(13)24)16-11-14(23-29(2,26)27)12-22-20(16)28-15-6-4-3-5-7-15/h3-4,11-12,16H,5-10,13H2,1-2H3,(H,22,24);6,8,11-12,15H,3-5,7,9-10,13H2,1-2H3,(H,22,24);3-10,25H,1-2H3,(H,23,27);3-12,23H,1-2H3,(H,21,25). The third-order valence-corrected chi connectivity index (χ3v) is 22.5. The molecule has 12 aromatic rings. The Bertz CT molecular complexity index is 6410. The zero-order valence-electron chi connectivity index (χ0n) is 64.7. The molecule has 0 bridgehead atoms. The van der Waals surface area contributed by atoms with Crippen molar-refractivity contribution in [3.8, 4) is 74.0 Å². The first-order valence-electron chi connectivity index (χ1n) is 37.1. The van der Waals surface area contributed by atoms with Crippen LogP contribution in [-0.2, 0) is 75.5 Å². The second-order valence-corrected chi connectivity index (χ2v) is 37.0. The number of pyridine rings is 2. The highest BCUT2D eigenvalue weighted by molar-refractivity contribution is 7.92. The van der Waals surface area contributed by atoms with E-state index in [1.807, 2.05) is 79.9 Å². The number of nitrogens with zero attached hydrogens (tertiary/aromatic N) is 6. The normalized spacial score (nSPS) is 14.3. The number of para-hydroxylation sites is 1. The first-order chi connectivity index (χ1) is 55.1. The highest BCUT2D eigenvalue weighted by atomic mass is 32.2. The summed E-state index contributed by atoms with van der Waals surface area (Å²) in [5, 5.41) is 5.79. The lowest BCUT2D eigenvalue weighted by atomic mass is 9.97. The van der Waals surface area contributed by atoms with Gasteiger partial charge in [0, 0.05) is 99.2 Å². The van der Waals surface area contributed by atoms with Gasteiger partial charge in [0.1, 0.15) is 45.8 Å². The van der Waals surface area contributed by atoms with E-state index in [2.05, 4.69) is 56.7 Å². The van der Waals surface area contributed by atoms with Gasteiger partial charge in [-0.25, -0.2) is 52.4 Å². The zero-order chi connectivity index (χ0) is 82.7. The summed E-state index contributed by atoms with van der Waals surface area (Å²) in [6, 6.07) is 34.2. The number of aromatic nitrogens is 8. The van der Waals surface area contributed by atoms with Crippen molar-refractivity contribution >= 4 is 73.9 Å². The number of benzene rings is 4. The van der Waals surface area contributed by atoms with Gasteiger partial charge in [0.25, 0.3) is 22.9 Å². The Labute approximate surface area is 668 Å². The minimum atomic E-state index is -3.60. The number of sulfone groups is 2. The molecule has 6 N–H and O–H groups in total. The predicted octanol–water partition coefficient (Wildman–Crippen LogP) is 12.0. The SMILES string of the molecule is Cc1cc(-c2cc(CS(C)(=O)=O)ccc2CCC2CC2)n2c1C(=O)NCC2.Cc1cc(-c2cc(CS(C)(=O)=O)ccc2OC2CCOCC2)n2c1C(=O)NCC2.Cc1cc(-c2cc(NS(C)(=O)=O)cnc2Oc2ccc(F)cc2F)n2cc[nH]c(=O)c12.Cc1cc(-c2cc(NS(C)(=O)=O)cnc2Oc2ccccc2)n2cc[nH]c(=O)c12. The number of carbonyl (C=O) groups excluding carboxylic acids is 2. The first-order valence-corrected chi connectivity index (χ1v) is 45.0. The number of carbonyl (C=O) groups is 2. The highest BCUT2D eigenvalue weighted by Gasteiger charge is 2.30. The fraction of sp³-hybridized carbons (Fsp3) is 0.293. The number of hydrogen-bond donors (Lipinski definition) is 6. The van der Waals surface area contributed by atoms with Crippen LogP contribution in [0.1, 0.15) is 92.0 Å². The van der Waals surface area contributed by atoms with E-state index in [1.54, 1.807) is 64.6 Å². The van der Waals surface area contributed by atoms with Gasteiger partial charge in [0.05, 0.1) is 89.2 Å². The molecule has 4 aliphatic rings. The van der Waals surface area contributed by atoms with Crippen molar-refractivity contribution in [2.75, 3.05) is 60.8 Å². The number of aryl methyl sites for hydroxylation is 5. The van der Waals surface area contributed by atoms with Crippen molar-refractivity contribution in [3.05, 3.63) is 241 Å². The Hall–Kier alpha value is -11.7. The topological polar surface area (TPSA) is 366 Å². The largest absolute Gasteiger partial charge is 0.490 e. The number of amides is 2. The number of anilines is 2. The second kappa shape index (κ2) is 34.0. The molecule has 116 heavy (non-hydrogen) atoms. The number of ether oxygens (including phenoxy) is 4. The molecule has 0 radical (unpaired) electrons. The van der Waals surface area contributed by atoms with Crippen LogP contribution in [0.5, 0.6) is 29.0 Å². The molecule has 3 aliphatic heterocycles. The quantitative estimate of drug-likeness (QED) is 0.0389. The minimum absolute atomic E-state index is 0.0307. The van der Waals surface area contributed by atoms with Gasteiger partial charge in [-0.3, -0.25) is 28.6 Å². The van der Waals surface area contributed by atoms with E-state index >= 15 is 0 Å². The molecule has 1 saturated heterocycles. The number of rotatable bonds is 21. The van der Waals surface area contributed by atoms with E-state index in [1.165, 1.54) is 62.0 Å². The van der Waals surface area contributed by atoms with Crippen molar-refractivity contribution in [1.82, 2.24) is 48.5 Å². The molecule has 28 nitrogen and oxygen atoms in total. The van der Waals surface area contributed by atoms with Crippen LogP contribution < -0.4 is 45.4 Å². The highest BCUT2D eigenvalue weighted by Crippen LogP contribution is 2.42. The molecule has 0 spiro atoms. The zero-order valence-corrected chi connectivity index (χ0v) is 67.9. The Morgan fingerprint density at radius 3 is 1.51 bits per heavy atom. The molecule has 0 atom stereocenters. The summed E-state index contributed by atoms with van der Waals surface area (Å²) in [5.74, 6) is 0.269. The van der Waals surface area contributed by atoms with Crippen molar-refractivity contribution in [1.29, 1.82) is 0 Å². The van der Waals surface area contributed by atoms with Crippen LogP contribution in [0.3, 0.4) is 0 Å². The second-order valence-electron chi connectivity index (χ2n) is 29.2. The molecule has 2 fully saturated rings. The molecule has 8 aromatic heterocycles. The Morgan fingerprint density at radius 2 is 1.01 bits per heavy atom. The average Bonchev–Trinajstić information content (AvgIpc) is 1.63. The van der Waals surface area contributed by atoms with Crippen molar-refractivity contribution in [2.24, 2.45) is 5.92 Å². The van der Waals surface area contributed by atoms with Crippen LogP contribution in [0.2, 0.25) is 0 Å². The van der Waals surface area contributed by atoms with E-state index in [0.29, 0.717) is 101 Å². The molecule has 1 aliphatic carbocycles. The number of hydrogen-bond acceptors (Lipinski definition) is 18. The summed E-state index contributed by atoms with van der Waals surface area (Å²) in [4.78, 5) is 62.9. The summed E-state index contributed by atoms with van der Waals surface area (Å²) < 4.78 is 157. The Kier molecular flexibility index (Phi) is 24.1. The summed E-state index contributed by atoms with van der Waals surface area (Å²) in [5.41, 5.74) is 13.9. The van der Waals surface area contributed by atoms with Gasteiger partial charge in [-0.2, -0.15) is 0 Å². The van der Waals surface area contributed by atoms with Gasteiger partial charge in [0.15, 0.2) is 31.2 Å². The van der Waals surface area contributed by atoms with Crippen LogP contribution in [0.15, 0.2) is 168 Å². The molecule has 11 heterocycles. The lowest BCUT2D eigenvalue weighted by molar-refractivity contribution is 0.0257. The average molecular weight is 1660 g/mol. The lowest BCUT2D eigenvalue weighted by Crippen LogP contribution is -2.35. The van der Waals surface area contributed by atoms with Crippen LogP contribution in [-0.4, -0.2) is 141 Å². The van der Waals surface area contributed by atoms with E-state index in [9.17, 15) is 61.6 Å². The third-order valence-electron chi connectivity index (χ3n) is 19.5. The number of halogens is 2. The van der Waals surface area contributed by atoms with E-state index in [-0.39, 0.29) is 69.3 Å². The molecule has 1 saturated carbocycles. The maximum absolute atomic E-state index is 14.1. The van der Waals surface area contributed by atoms with E-state index < -0.39 is 51.4 Å². The van der Waals surface area contributed by atoms with Gasteiger partial charge >= 0.3 is 0 Å². The van der Waals surface area contributed by atoms with E-state index in [0.717, 1.165) is 107 Å². The van der Waals surface area contributed by atoms with Crippen LogP contribution >= 0.6 is 0 Å². The monoisotopic (exact) mass is 1660 g/mol. The van der Waals surface area contributed by atoms with Gasteiger partial charge in [-0.15, -0.1) is 0 Å². The summed E-state index contributed by atoms with van der Waals surface area (Å²) in [6.07, 6.45) is 20.0.